The summed E-state index contributed by atoms with van der Waals surface area (Å²) in [5, 5.41) is 2.62. The zero-order valence-corrected chi connectivity index (χ0v) is 16.7. The Hall–Kier alpha value is -2.72. The van der Waals surface area contributed by atoms with Gasteiger partial charge in [-0.25, -0.2) is 21.1 Å². The Labute approximate surface area is 163 Å². The van der Waals surface area contributed by atoms with Crippen LogP contribution in [0, 0.1) is 0 Å². The van der Waals surface area contributed by atoms with Crippen LogP contribution >= 0.6 is 0 Å². The average molecular weight is 422 g/mol. The lowest BCUT2D eigenvalue weighted by molar-refractivity contribution is -0.121. The third-order valence-electron chi connectivity index (χ3n) is 4.38. The van der Waals surface area contributed by atoms with Crippen molar-refractivity contribution in [1.82, 2.24) is 9.62 Å². The molecule has 1 aliphatic rings. The third-order valence-corrected chi connectivity index (χ3v) is 7.30. The molecule has 1 atom stereocenters. The second kappa shape index (κ2) is 7.02. The maximum Gasteiger partial charge on any atom is 0.269 e. The second-order valence-corrected chi connectivity index (χ2v) is 10.3. The number of sulfonamides is 1. The number of sulfone groups is 1. The minimum atomic E-state index is -4.06. The lowest BCUT2D eigenvalue weighted by Gasteiger charge is -2.18. The topological polar surface area (TPSA) is 118 Å². The van der Waals surface area contributed by atoms with Gasteiger partial charge in [-0.3, -0.25) is 9.59 Å². The molecule has 0 saturated heterocycles. The quantitative estimate of drug-likeness (QED) is 0.771. The highest BCUT2D eigenvalue weighted by Gasteiger charge is 2.41. The molecule has 10 heteroatoms. The fourth-order valence-corrected chi connectivity index (χ4v) is 5.05. The van der Waals surface area contributed by atoms with E-state index >= 15 is 0 Å². The summed E-state index contributed by atoms with van der Waals surface area (Å²) in [5.74, 6) is -1.39. The first-order chi connectivity index (χ1) is 13.0. The largest absolute Gasteiger partial charge is 0.348 e. The van der Waals surface area contributed by atoms with Crippen molar-refractivity contribution in [2.75, 3.05) is 12.8 Å². The van der Waals surface area contributed by atoms with E-state index in [1.165, 1.54) is 30.3 Å². The summed E-state index contributed by atoms with van der Waals surface area (Å²) in [6, 6.07) is 11.3. The van der Waals surface area contributed by atoms with Crippen LogP contribution in [0.15, 0.2) is 58.3 Å². The van der Waals surface area contributed by atoms with Gasteiger partial charge in [0, 0.05) is 6.26 Å². The number of fused-ring (bicyclic) bond motifs is 1. The Morgan fingerprint density at radius 3 is 2.29 bits per heavy atom. The van der Waals surface area contributed by atoms with Crippen LogP contribution in [0.25, 0.3) is 0 Å². The number of rotatable bonds is 5. The Morgan fingerprint density at radius 2 is 1.71 bits per heavy atom. The van der Waals surface area contributed by atoms with E-state index in [4.69, 9.17) is 0 Å². The number of nitrogens with zero attached hydrogens (tertiary/aromatic N) is 1. The zero-order chi connectivity index (χ0) is 20.7. The van der Waals surface area contributed by atoms with E-state index in [1.807, 2.05) is 0 Å². The van der Waals surface area contributed by atoms with Crippen LogP contribution in [0.2, 0.25) is 0 Å². The molecule has 3 rings (SSSR count). The fourth-order valence-electron chi connectivity index (χ4n) is 2.89. The van der Waals surface area contributed by atoms with Crippen molar-refractivity contribution in [1.29, 1.82) is 0 Å². The van der Waals surface area contributed by atoms with Crippen LogP contribution in [-0.4, -0.2) is 45.8 Å². The van der Waals surface area contributed by atoms with Gasteiger partial charge in [0.25, 0.3) is 15.9 Å². The molecule has 0 radical (unpaired) electrons. The van der Waals surface area contributed by atoms with E-state index in [0.29, 0.717) is 9.87 Å². The first-order valence-corrected chi connectivity index (χ1v) is 11.6. The Kier molecular flexibility index (Phi) is 5.02. The molecule has 8 nitrogen and oxygen atoms in total. The van der Waals surface area contributed by atoms with Gasteiger partial charge in [-0.15, -0.1) is 0 Å². The number of carbonyl (C=O) groups is 2. The smallest absolute Gasteiger partial charge is 0.269 e. The molecule has 0 fully saturated rings. The summed E-state index contributed by atoms with van der Waals surface area (Å²) in [7, 11) is -7.38. The van der Waals surface area contributed by atoms with E-state index in [0.717, 1.165) is 6.26 Å². The molecule has 2 aromatic carbocycles. The van der Waals surface area contributed by atoms with Crippen LogP contribution in [-0.2, 0) is 24.7 Å². The van der Waals surface area contributed by atoms with Gasteiger partial charge < -0.3 is 5.32 Å². The number of benzene rings is 2. The molecule has 2 aromatic rings. The molecule has 0 saturated carbocycles. The molecule has 2 amide bonds. The van der Waals surface area contributed by atoms with Crippen molar-refractivity contribution >= 4 is 31.7 Å². The number of carbonyl (C=O) groups excluding carboxylic acids is 2. The summed E-state index contributed by atoms with van der Waals surface area (Å²) >= 11 is 0. The number of nitrogens with one attached hydrogen (secondary N) is 1. The van der Waals surface area contributed by atoms with E-state index in [1.54, 1.807) is 25.1 Å². The highest BCUT2D eigenvalue weighted by molar-refractivity contribution is 7.90. The van der Waals surface area contributed by atoms with Crippen LogP contribution in [0.4, 0.5) is 0 Å². The lowest BCUT2D eigenvalue weighted by Crippen LogP contribution is -2.41. The maximum atomic E-state index is 12.5. The summed E-state index contributed by atoms with van der Waals surface area (Å²) in [6.45, 7) is 1.03. The van der Waals surface area contributed by atoms with Gasteiger partial charge in [0.05, 0.1) is 16.5 Å². The minimum Gasteiger partial charge on any atom is -0.348 e. The Balaban J connectivity index is 1.72. The van der Waals surface area contributed by atoms with Crippen molar-refractivity contribution < 1.29 is 26.4 Å². The van der Waals surface area contributed by atoms with Gasteiger partial charge in [-0.1, -0.05) is 24.3 Å². The summed E-state index contributed by atoms with van der Waals surface area (Å²) in [5.41, 5.74) is 0.680. The molecule has 0 spiro atoms. The SMILES string of the molecule is CC(NC(=O)CN1C(=O)c2ccccc2S1(=O)=O)c1ccc(S(C)(=O)=O)cc1. The first-order valence-electron chi connectivity index (χ1n) is 8.27. The van der Waals surface area contributed by atoms with Gasteiger partial charge in [-0.05, 0) is 36.8 Å². The van der Waals surface area contributed by atoms with Crippen LogP contribution in [0.3, 0.4) is 0 Å². The van der Waals surface area contributed by atoms with E-state index in [2.05, 4.69) is 5.32 Å². The summed E-state index contributed by atoms with van der Waals surface area (Å²) < 4.78 is 48.5. The van der Waals surface area contributed by atoms with Crippen molar-refractivity contribution in [3.63, 3.8) is 0 Å². The van der Waals surface area contributed by atoms with E-state index < -0.39 is 44.3 Å². The zero-order valence-electron chi connectivity index (χ0n) is 15.1. The molecule has 1 aliphatic heterocycles. The molecule has 1 heterocycles. The van der Waals surface area contributed by atoms with E-state index in [-0.39, 0.29) is 15.4 Å². The van der Waals surface area contributed by atoms with Crippen LogP contribution in [0.5, 0.6) is 0 Å². The molecule has 0 aliphatic carbocycles. The molecule has 0 aromatic heterocycles. The molecule has 148 valence electrons. The highest BCUT2D eigenvalue weighted by Crippen LogP contribution is 2.29. The van der Waals surface area contributed by atoms with E-state index in [9.17, 15) is 26.4 Å². The number of hydrogen-bond acceptors (Lipinski definition) is 6. The van der Waals surface area contributed by atoms with Gasteiger partial charge >= 0.3 is 0 Å². The lowest BCUT2D eigenvalue weighted by atomic mass is 10.1. The van der Waals surface area contributed by atoms with Crippen molar-refractivity contribution in [2.45, 2.75) is 22.8 Å². The monoisotopic (exact) mass is 422 g/mol. The Bertz CT molecular complexity index is 1150. The van der Waals surface area contributed by atoms with Gasteiger partial charge in [0.15, 0.2) is 9.84 Å². The van der Waals surface area contributed by atoms with Crippen molar-refractivity contribution in [3.05, 3.63) is 59.7 Å². The number of hydrogen-bond donors (Lipinski definition) is 1. The fraction of sp³-hybridized carbons (Fsp3) is 0.222. The molecule has 1 N–H and O–H groups in total. The van der Waals surface area contributed by atoms with Crippen LogP contribution < -0.4 is 5.32 Å². The molecule has 28 heavy (non-hydrogen) atoms. The number of amides is 2. The predicted molar refractivity (Wildman–Crippen MR) is 101 cm³/mol. The second-order valence-electron chi connectivity index (χ2n) is 6.44. The van der Waals surface area contributed by atoms with Crippen LogP contribution in [0.1, 0.15) is 28.9 Å². The Morgan fingerprint density at radius 1 is 1.11 bits per heavy atom. The van der Waals surface area contributed by atoms with Gasteiger partial charge in [0.2, 0.25) is 5.91 Å². The molecular formula is C18H18N2O6S2. The minimum absolute atomic E-state index is 0.0414. The summed E-state index contributed by atoms with van der Waals surface area (Å²) in [4.78, 5) is 24.7. The van der Waals surface area contributed by atoms with Gasteiger partial charge in [-0.2, -0.15) is 0 Å². The molecule has 0 bridgehead atoms. The standard InChI is InChI=1S/C18H18N2O6S2/c1-12(13-7-9-14(10-8-13)27(2,23)24)19-17(21)11-20-18(22)15-5-3-4-6-16(15)28(20,25)26/h3-10,12H,11H2,1-2H3,(H,19,21). The summed E-state index contributed by atoms with van der Waals surface area (Å²) in [6.07, 6.45) is 1.10. The van der Waals surface area contributed by atoms with Crippen molar-refractivity contribution in [3.8, 4) is 0 Å². The average Bonchev–Trinajstić information content (AvgIpc) is 2.82. The van der Waals surface area contributed by atoms with Gasteiger partial charge in [0.1, 0.15) is 11.4 Å². The predicted octanol–water partition coefficient (Wildman–Crippen LogP) is 1.11. The maximum absolute atomic E-state index is 12.5. The van der Waals surface area contributed by atoms with Crippen molar-refractivity contribution in [2.24, 2.45) is 0 Å². The molecular weight excluding hydrogens is 404 g/mol. The normalized spacial score (nSPS) is 16.5. The third kappa shape index (κ3) is 3.65. The highest BCUT2D eigenvalue weighted by atomic mass is 32.2. The molecule has 1 unspecified atom stereocenters. The first kappa shape index (κ1) is 20.0.